The first-order valence-electron chi connectivity index (χ1n) is 9.59. The molecule has 0 radical (unpaired) electrons. The highest BCUT2D eigenvalue weighted by molar-refractivity contribution is 6.06. The van der Waals surface area contributed by atoms with Gasteiger partial charge in [0.25, 0.3) is 5.91 Å². The van der Waals surface area contributed by atoms with Crippen LogP contribution in [0.15, 0.2) is 36.5 Å². The van der Waals surface area contributed by atoms with Crippen LogP contribution in [0.25, 0.3) is 0 Å². The van der Waals surface area contributed by atoms with Gasteiger partial charge in [-0.15, -0.1) is 0 Å². The van der Waals surface area contributed by atoms with Crippen molar-refractivity contribution < 1.29 is 14.4 Å². The minimum absolute atomic E-state index is 0.165. The minimum Gasteiger partial charge on any atom is -0.355 e. The van der Waals surface area contributed by atoms with Gasteiger partial charge in [-0.1, -0.05) is 18.2 Å². The number of carbonyl (C=O) groups is 3. The maximum atomic E-state index is 13.2. The van der Waals surface area contributed by atoms with Crippen molar-refractivity contribution in [2.75, 3.05) is 11.9 Å². The summed E-state index contributed by atoms with van der Waals surface area (Å²) in [6, 6.07) is 8.96. The van der Waals surface area contributed by atoms with Gasteiger partial charge in [0.1, 0.15) is 11.9 Å². The molecule has 3 heterocycles. The maximum absolute atomic E-state index is 13.2. The fourth-order valence-corrected chi connectivity index (χ4v) is 3.95. The van der Waals surface area contributed by atoms with E-state index in [4.69, 9.17) is 5.73 Å². The van der Waals surface area contributed by atoms with Crippen LogP contribution in [0, 0.1) is 0 Å². The highest BCUT2D eigenvalue weighted by Crippen LogP contribution is 2.30. The van der Waals surface area contributed by atoms with Gasteiger partial charge in [-0.3, -0.25) is 19.7 Å². The molecule has 0 bridgehead atoms. The first-order chi connectivity index (χ1) is 14.0. The van der Waals surface area contributed by atoms with E-state index in [1.807, 2.05) is 42.3 Å². The first-order valence-corrected chi connectivity index (χ1v) is 9.59. The van der Waals surface area contributed by atoms with Crippen LogP contribution in [0.4, 0.5) is 5.82 Å². The zero-order valence-corrected chi connectivity index (χ0v) is 16.2. The zero-order valence-electron chi connectivity index (χ0n) is 16.2. The smallest absolute Gasteiger partial charge is 0.255 e. The molecule has 3 amide bonds. The first kappa shape index (κ1) is 19.1. The molecule has 2 aromatic rings. The molecular weight excluding hydrogens is 370 g/mol. The number of pyridine rings is 1. The lowest BCUT2D eigenvalue weighted by Gasteiger charge is -2.29. The SMILES string of the molecule is CN(Cc1cccc2c1C(=O)N(C1CCC(=O)NC1=O)C2)c1cc(CN)ccn1. The Kier molecular flexibility index (Phi) is 5.02. The van der Waals surface area contributed by atoms with Gasteiger partial charge in [-0.05, 0) is 35.2 Å². The number of amides is 3. The molecule has 1 aromatic heterocycles. The molecule has 1 aromatic carbocycles. The molecule has 2 aliphatic heterocycles. The number of hydrogen-bond donors (Lipinski definition) is 2. The van der Waals surface area contributed by atoms with Crippen molar-refractivity contribution in [3.05, 3.63) is 58.8 Å². The topological polar surface area (TPSA) is 109 Å². The van der Waals surface area contributed by atoms with Gasteiger partial charge in [0.15, 0.2) is 0 Å². The standard InChI is InChI=1S/C21H23N5O3/c1-25(17-9-13(10-22)7-8-23-17)11-14-3-2-4-15-12-26(21(29)19(14)15)16-5-6-18(27)24-20(16)28/h2-4,7-9,16H,5-6,10-12,22H2,1H3,(H,24,27,28). The fourth-order valence-electron chi connectivity index (χ4n) is 3.95. The summed E-state index contributed by atoms with van der Waals surface area (Å²) < 4.78 is 0. The number of benzene rings is 1. The van der Waals surface area contributed by atoms with Gasteiger partial charge in [0.05, 0.1) is 0 Å². The molecule has 8 nitrogen and oxygen atoms in total. The second-order valence-corrected chi connectivity index (χ2v) is 7.43. The van der Waals surface area contributed by atoms with E-state index < -0.39 is 11.9 Å². The second kappa shape index (κ2) is 7.63. The van der Waals surface area contributed by atoms with E-state index >= 15 is 0 Å². The van der Waals surface area contributed by atoms with Crippen molar-refractivity contribution in [2.45, 2.75) is 38.5 Å². The van der Waals surface area contributed by atoms with Gasteiger partial charge in [-0.2, -0.15) is 0 Å². The predicted octanol–water partition coefficient (Wildman–Crippen LogP) is 0.938. The number of fused-ring (bicyclic) bond motifs is 1. The Morgan fingerprint density at radius 2 is 2.10 bits per heavy atom. The average molecular weight is 393 g/mol. The van der Waals surface area contributed by atoms with E-state index in [0.717, 1.165) is 22.5 Å². The molecule has 8 heteroatoms. The molecule has 1 saturated heterocycles. The highest BCUT2D eigenvalue weighted by atomic mass is 16.2. The molecule has 1 atom stereocenters. The van der Waals surface area contributed by atoms with Crippen molar-refractivity contribution in [3.8, 4) is 0 Å². The Balaban J connectivity index is 1.57. The largest absolute Gasteiger partial charge is 0.355 e. The summed E-state index contributed by atoms with van der Waals surface area (Å²) >= 11 is 0. The van der Waals surface area contributed by atoms with Crippen LogP contribution >= 0.6 is 0 Å². The summed E-state index contributed by atoms with van der Waals surface area (Å²) in [6.07, 6.45) is 2.32. The summed E-state index contributed by atoms with van der Waals surface area (Å²) in [5.74, 6) is -0.0750. The zero-order chi connectivity index (χ0) is 20.5. The minimum atomic E-state index is -0.610. The monoisotopic (exact) mass is 393 g/mol. The molecule has 1 unspecified atom stereocenters. The summed E-state index contributed by atoms with van der Waals surface area (Å²) in [5, 5.41) is 2.33. The summed E-state index contributed by atoms with van der Waals surface area (Å²) in [4.78, 5) is 44.8. The lowest BCUT2D eigenvalue weighted by atomic mass is 10.0. The quantitative estimate of drug-likeness (QED) is 0.732. The Morgan fingerprint density at radius 1 is 1.28 bits per heavy atom. The number of hydrogen-bond acceptors (Lipinski definition) is 6. The molecule has 0 spiro atoms. The number of anilines is 1. The van der Waals surface area contributed by atoms with Crippen LogP contribution in [0.1, 0.15) is 39.9 Å². The van der Waals surface area contributed by atoms with Crippen LogP contribution in [-0.2, 0) is 29.2 Å². The number of aromatic nitrogens is 1. The van der Waals surface area contributed by atoms with E-state index in [2.05, 4.69) is 10.3 Å². The Hall–Kier alpha value is -3.26. The molecule has 3 N–H and O–H groups in total. The van der Waals surface area contributed by atoms with Crippen molar-refractivity contribution in [1.29, 1.82) is 0 Å². The molecule has 29 heavy (non-hydrogen) atoms. The predicted molar refractivity (Wildman–Crippen MR) is 107 cm³/mol. The van der Waals surface area contributed by atoms with Gasteiger partial charge in [0.2, 0.25) is 11.8 Å². The number of nitrogens with zero attached hydrogens (tertiary/aromatic N) is 3. The van der Waals surface area contributed by atoms with Crippen molar-refractivity contribution >= 4 is 23.5 Å². The van der Waals surface area contributed by atoms with E-state index in [-0.39, 0.29) is 18.2 Å². The molecule has 2 aliphatic rings. The number of rotatable bonds is 5. The normalized spacial score (nSPS) is 18.6. The lowest BCUT2D eigenvalue weighted by molar-refractivity contribution is -0.136. The van der Waals surface area contributed by atoms with Crippen molar-refractivity contribution in [1.82, 2.24) is 15.2 Å². The third kappa shape index (κ3) is 3.58. The third-order valence-corrected chi connectivity index (χ3v) is 5.48. The lowest BCUT2D eigenvalue weighted by Crippen LogP contribution is -2.52. The van der Waals surface area contributed by atoms with E-state index in [1.54, 1.807) is 11.1 Å². The average Bonchev–Trinajstić information content (AvgIpc) is 3.05. The molecule has 0 aliphatic carbocycles. The third-order valence-electron chi connectivity index (χ3n) is 5.48. The van der Waals surface area contributed by atoms with Crippen molar-refractivity contribution in [3.63, 3.8) is 0 Å². The van der Waals surface area contributed by atoms with Crippen LogP contribution in [0.5, 0.6) is 0 Å². The molecule has 1 fully saturated rings. The van der Waals surface area contributed by atoms with Gasteiger partial charge in [0, 0.05) is 44.9 Å². The summed E-state index contributed by atoms with van der Waals surface area (Å²) in [5.41, 5.74) is 9.12. The highest BCUT2D eigenvalue weighted by Gasteiger charge is 2.40. The van der Waals surface area contributed by atoms with E-state index in [1.165, 1.54) is 0 Å². The Bertz CT molecular complexity index is 990. The number of nitrogens with one attached hydrogen (secondary N) is 1. The summed E-state index contributed by atoms with van der Waals surface area (Å²) in [6.45, 7) is 1.31. The molecular formula is C21H23N5O3. The van der Waals surface area contributed by atoms with Gasteiger partial charge in [-0.25, -0.2) is 4.98 Å². The second-order valence-electron chi connectivity index (χ2n) is 7.43. The Morgan fingerprint density at radius 3 is 2.86 bits per heavy atom. The van der Waals surface area contributed by atoms with Crippen molar-refractivity contribution in [2.24, 2.45) is 5.73 Å². The van der Waals surface area contributed by atoms with Crippen LogP contribution in [0.2, 0.25) is 0 Å². The number of piperidine rings is 1. The number of imide groups is 1. The molecule has 4 rings (SSSR count). The number of carbonyl (C=O) groups excluding carboxylic acids is 3. The maximum Gasteiger partial charge on any atom is 0.255 e. The Labute approximate surface area is 168 Å². The van der Waals surface area contributed by atoms with Gasteiger partial charge < -0.3 is 15.5 Å². The van der Waals surface area contributed by atoms with Crippen LogP contribution < -0.4 is 16.0 Å². The van der Waals surface area contributed by atoms with Gasteiger partial charge >= 0.3 is 0 Å². The van der Waals surface area contributed by atoms with E-state index in [9.17, 15) is 14.4 Å². The van der Waals surface area contributed by atoms with E-state index in [0.29, 0.717) is 31.6 Å². The van der Waals surface area contributed by atoms with Crippen LogP contribution in [-0.4, -0.2) is 40.7 Å². The molecule has 150 valence electrons. The fraction of sp³-hybridized carbons (Fsp3) is 0.333. The van der Waals surface area contributed by atoms with Crippen LogP contribution in [0.3, 0.4) is 0 Å². The number of nitrogens with two attached hydrogens (primary N) is 1. The molecule has 0 saturated carbocycles. The summed E-state index contributed by atoms with van der Waals surface area (Å²) in [7, 11) is 1.92.